The first kappa shape index (κ1) is 19.9. The molecule has 1 saturated carbocycles. The minimum absolute atomic E-state index is 0.0929. The van der Waals surface area contributed by atoms with Crippen molar-refractivity contribution in [1.82, 2.24) is 20.1 Å². The summed E-state index contributed by atoms with van der Waals surface area (Å²) in [6, 6.07) is 5.22. The first-order chi connectivity index (χ1) is 13.9. The number of H-pyrrole nitrogens is 1. The van der Waals surface area contributed by atoms with Gasteiger partial charge in [-0.25, -0.2) is 4.39 Å². The summed E-state index contributed by atoms with van der Waals surface area (Å²) in [7, 11) is 1.86. The molecule has 156 valence electrons. The maximum absolute atomic E-state index is 14.1. The molecule has 1 aromatic heterocycles. The van der Waals surface area contributed by atoms with Gasteiger partial charge in [0.25, 0.3) is 5.91 Å². The summed E-state index contributed by atoms with van der Waals surface area (Å²) in [5.41, 5.74) is 1.99. The number of aromatic amines is 1. The lowest BCUT2D eigenvalue weighted by Gasteiger charge is -2.37. The van der Waals surface area contributed by atoms with Gasteiger partial charge in [0.1, 0.15) is 11.5 Å². The molecule has 2 N–H and O–H groups in total. The van der Waals surface area contributed by atoms with E-state index in [0.717, 1.165) is 50.9 Å². The molecular weight excluding hydrogens is 371 g/mol. The highest BCUT2D eigenvalue weighted by molar-refractivity contribution is 5.99. The Morgan fingerprint density at radius 2 is 2.07 bits per heavy atom. The van der Waals surface area contributed by atoms with Gasteiger partial charge in [-0.3, -0.25) is 14.5 Å². The Kier molecular flexibility index (Phi) is 5.58. The van der Waals surface area contributed by atoms with Gasteiger partial charge in [0.05, 0.1) is 5.52 Å². The molecule has 29 heavy (non-hydrogen) atoms. The summed E-state index contributed by atoms with van der Waals surface area (Å²) in [5.74, 6) is -0.301. The lowest BCUT2D eigenvalue weighted by molar-refractivity contribution is -0.129. The Bertz CT molecular complexity index is 886. The zero-order chi connectivity index (χ0) is 20.5. The number of likely N-dealkylation sites (N-methyl/N-ethyl adjacent to an activating group) is 1. The maximum atomic E-state index is 14.1. The Balaban J connectivity index is 1.42. The minimum Gasteiger partial charge on any atom is -0.350 e. The first-order valence-electron chi connectivity index (χ1n) is 10.5. The molecule has 6 nitrogen and oxygen atoms in total. The van der Waals surface area contributed by atoms with Crippen LogP contribution in [0.3, 0.4) is 0 Å². The zero-order valence-electron chi connectivity index (χ0n) is 17.1. The van der Waals surface area contributed by atoms with E-state index in [1.54, 1.807) is 17.0 Å². The van der Waals surface area contributed by atoms with Crippen LogP contribution in [0.2, 0.25) is 0 Å². The Hall–Kier alpha value is -2.41. The smallest absolute Gasteiger partial charge is 0.267 e. The summed E-state index contributed by atoms with van der Waals surface area (Å²) in [6.45, 7) is 4.32. The van der Waals surface area contributed by atoms with E-state index in [1.807, 2.05) is 14.0 Å². The summed E-state index contributed by atoms with van der Waals surface area (Å²) in [5, 5.41) is 3.59. The summed E-state index contributed by atoms with van der Waals surface area (Å²) in [6.07, 6.45) is 4.54. The van der Waals surface area contributed by atoms with Crippen molar-refractivity contribution in [3.8, 4) is 0 Å². The molecule has 2 atom stereocenters. The second kappa shape index (κ2) is 8.14. The number of aryl methyl sites for hydroxylation is 1. The molecule has 1 aromatic carbocycles. The number of rotatable bonds is 3. The monoisotopic (exact) mass is 400 g/mol. The van der Waals surface area contributed by atoms with E-state index in [4.69, 9.17) is 0 Å². The number of nitrogens with one attached hydrogen (secondary N) is 2. The van der Waals surface area contributed by atoms with E-state index in [1.165, 1.54) is 6.07 Å². The Morgan fingerprint density at radius 3 is 2.86 bits per heavy atom. The van der Waals surface area contributed by atoms with Gasteiger partial charge in [-0.2, -0.15) is 0 Å². The third-order valence-electron chi connectivity index (χ3n) is 6.45. The van der Waals surface area contributed by atoms with Gasteiger partial charge in [-0.1, -0.05) is 6.07 Å². The lowest BCUT2D eigenvalue weighted by atomic mass is 9.89. The van der Waals surface area contributed by atoms with Crippen LogP contribution >= 0.6 is 0 Å². The molecule has 0 radical (unpaired) electrons. The van der Waals surface area contributed by atoms with Crippen LogP contribution in [-0.4, -0.2) is 65.4 Å². The van der Waals surface area contributed by atoms with Gasteiger partial charge in [0.2, 0.25) is 5.91 Å². The van der Waals surface area contributed by atoms with Crippen molar-refractivity contribution in [1.29, 1.82) is 0 Å². The second-order valence-corrected chi connectivity index (χ2v) is 8.43. The maximum Gasteiger partial charge on any atom is 0.267 e. The van der Waals surface area contributed by atoms with E-state index < -0.39 is 0 Å². The van der Waals surface area contributed by atoms with Crippen molar-refractivity contribution in [2.45, 2.75) is 51.1 Å². The number of hydrogen-bond donors (Lipinski definition) is 2. The quantitative estimate of drug-likeness (QED) is 0.833. The van der Waals surface area contributed by atoms with Gasteiger partial charge < -0.3 is 15.2 Å². The van der Waals surface area contributed by atoms with Crippen molar-refractivity contribution in [2.75, 3.05) is 26.7 Å². The van der Waals surface area contributed by atoms with Crippen molar-refractivity contribution < 1.29 is 14.0 Å². The molecule has 1 aliphatic heterocycles. The number of nitrogens with zero attached hydrogens (tertiary/aromatic N) is 2. The molecule has 0 spiro atoms. The van der Waals surface area contributed by atoms with Crippen LogP contribution in [-0.2, 0) is 4.79 Å². The topological polar surface area (TPSA) is 68.4 Å². The van der Waals surface area contributed by atoms with Gasteiger partial charge in [0.15, 0.2) is 0 Å². The van der Waals surface area contributed by atoms with Crippen LogP contribution < -0.4 is 5.32 Å². The van der Waals surface area contributed by atoms with Crippen LogP contribution in [0, 0.1) is 12.7 Å². The second-order valence-electron chi connectivity index (χ2n) is 8.43. The molecule has 2 fully saturated rings. The number of carbonyl (C=O) groups is 2. The van der Waals surface area contributed by atoms with Crippen molar-refractivity contribution in [3.63, 3.8) is 0 Å². The highest BCUT2D eigenvalue weighted by atomic mass is 19.1. The average Bonchev–Trinajstić information content (AvgIpc) is 3.10. The van der Waals surface area contributed by atoms with E-state index in [0.29, 0.717) is 29.1 Å². The number of benzene rings is 1. The number of aromatic nitrogens is 1. The van der Waals surface area contributed by atoms with Gasteiger partial charge >= 0.3 is 0 Å². The normalized spacial score (nSPS) is 24.0. The fourth-order valence-corrected chi connectivity index (χ4v) is 4.65. The predicted octanol–water partition coefficient (Wildman–Crippen LogP) is 2.82. The van der Waals surface area contributed by atoms with Gasteiger partial charge in [-0.15, -0.1) is 0 Å². The Morgan fingerprint density at radius 1 is 1.24 bits per heavy atom. The summed E-state index contributed by atoms with van der Waals surface area (Å²) in [4.78, 5) is 32.0. The molecule has 2 aromatic rings. The lowest BCUT2D eigenvalue weighted by Crippen LogP contribution is -2.47. The van der Waals surface area contributed by atoms with Crippen LogP contribution in [0.1, 0.15) is 48.2 Å². The van der Waals surface area contributed by atoms with E-state index in [2.05, 4.69) is 15.2 Å². The van der Waals surface area contributed by atoms with Gasteiger partial charge in [0, 0.05) is 50.6 Å². The summed E-state index contributed by atoms with van der Waals surface area (Å²) < 4.78 is 14.1. The Labute approximate surface area is 170 Å². The van der Waals surface area contributed by atoms with Crippen LogP contribution in [0.5, 0.6) is 0 Å². The van der Waals surface area contributed by atoms with Crippen molar-refractivity contribution in [3.05, 3.63) is 35.3 Å². The molecule has 1 saturated heterocycles. The van der Waals surface area contributed by atoms with E-state index in [-0.39, 0.29) is 23.7 Å². The standard InChI is InChI=1S/C22H29FN4O2/c1-14-6-7-18(23)17-13-19(25-21(14)17)22(29)24-15-4-3-5-16(12-15)27-9-8-20(28)26(2)10-11-27/h6-7,13,15-16,25H,3-5,8-12H2,1-2H3,(H,24,29)/t15-,16?/m1/s1. The number of carbonyl (C=O) groups excluding carboxylic acids is 2. The number of fused-ring (bicyclic) bond motifs is 1. The molecule has 2 heterocycles. The molecule has 1 unspecified atom stereocenters. The van der Waals surface area contributed by atoms with Crippen LogP contribution in [0.25, 0.3) is 10.9 Å². The molecule has 1 aliphatic carbocycles. The molecule has 2 aliphatic rings. The van der Waals surface area contributed by atoms with Crippen LogP contribution in [0.4, 0.5) is 4.39 Å². The molecular formula is C22H29FN4O2. The van der Waals surface area contributed by atoms with Crippen molar-refractivity contribution >= 4 is 22.7 Å². The van der Waals surface area contributed by atoms with Crippen molar-refractivity contribution in [2.24, 2.45) is 0 Å². The minimum atomic E-state index is -0.320. The third-order valence-corrected chi connectivity index (χ3v) is 6.45. The molecule has 7 heteroatoms. The van der Waals surface area contributed by atoms with Crippen LogP contribution in [0.15, 0.2) is 18.2 Å². The first-order valence-corrected chi connectivity index (χ1v) is 10.5. The third kappa shape index (κ3) is 4.15. The number of halogens is 1. The number of hydrogen-bond acceptors (Lipinski definition) is 3. The summed E-state index contributed by atoms with van der Waals surface area (Å²) >= 11 is 0. The predicted molar refractivity (Wildman–Crippen MR) is 110 cm³/mol. The largest absolute Gasteiger partial charge is 0.350 e. The fraction of sp³-hybridized carbons (Fsp3) is 0.545. The SMILES string of the molecule is Cc1ccc(F)c2cc(C(=O)N[C@@H]3CCCC(N4CCC(=O)N(C)CC4)C3)[nH]c12. The fourth-order valence-electron chi connectivity index (χ4n) is 4.65. The number of amides is 2. The zero-order valence-corrected chi connectivity index (χ0v) is 17.1. The highest BCUT2D eigenvalue weighted by Crippen LogP contribution is 2.26. The van der Waals surface area contributed by atoms with Gasteiger partial charge in [-0.05, 0) is 50.3 Å². The van der Waals surface area contributed by atoms with E-state index >= 15 is 0 Å². The molecule has 2 amide bonds. The average molecular weight is 400 g/mol. The van der Waals surface area contributed by atoms with E-state index in [9.17, 15) is 14.0 Å². The highest BCUT2D eigenvalue weighted by Gasteiger charge is 2.30. The molecule has 4 rings (SSSR count). The molecule has 0 bridgehead atoms.